The van der Waals surface area contributed by atoms with Gasteiger partial charge in [0.1, 0.15) is 18.0 Å². The second-order valence-corrected chi connectivity index (χ2v) is 7.89. The number of amides is 1. The molecule has 1 saturated heterocycles. The minimum Gasteiger partial charge on any atom is -0.335 e. The van der Waals surface area contributed by atoms with Crippen molar-refractivity contribution in [3.63, 3.8) is 0 Å². The zero-order chi connectivity index (χ0) is 24.3. The van der Waals surface area contributed by atoms with Gasteiger partial charge < -0.3 is 4.90 Å². The molecule has 1 fully saturated rings. The molecular weight excluding hydrogens is 470 g/mol. The first-order valence-electron chi connectivity index (χ1n) is 9.65. The summed E-state index contributed by atoms with van der Waals surface area (Å²) >= 11 is 0. The Morgan fingerprint density at radius 1 is 1.15 bits per heavy atom. The predicted molar refractivity (Wildman–Crippen MR) is 93.2 cm³/mol. The number of alkyl halides is 7. The van der Waals surface area contributed by atoms with Crippen molar-refractivity contribution in [2.45, 2.75) is 44.0 Å². The van der Waals surface area contributed by atoms with Crippen molar-refractivity contribution < 1.29 is 39.9 Å². The molecule has 0 N–H and O–H groups in total. The lowest BCUT2D eigenvalue weighted by Crippen LogP contribution is -2.55. The van der Waals surface area contributed by atoms with Gasteiger partial charge in [-0.2, -0.15) is 31.4 Å². The van der Waals surface area contributed by atoms with E-state index in [0.717, 1.165) is 15.5 Å². The van der Waals surface area contributed by atoms with E-state index in [9.17, 15) is 44.7 Å². The Kier molecular flexibility index (Phi) is 5.47. The van der Waals surface area contributed by atoms with Crippen molar-refractivity contribution in [2.24, 2.45) is 5.92 Å². The van der Waals surface area contributed by atoms with Crippen LogP contribution in [-0.2, 0) is 23.9 Å². The van der Waals surface area contributed by atoms with Crippen molar-refractivity contribution in [2.75, 3.05) is 13.1 Å². The first kappa shape index (κ1) is 23.2. The number of hydrogen-bond acceptors (Lipinski definition) is 4. The third-order valence-corrected chi connectivity index (χ3v) is 5.64. The smallest absolute Gasteiger partial charge is 0.335 e. The average Bonchev–Trinajstić information content (AvgIpc) is 3.00. The molecule has 1 amide bonds. The molecule has 15 heteroatoms. The minimum absolute atomic E-state index is 0.327. The van der Waals surface area contributed by atoms with Crippen LogP contribution >= 0.6 is 0 Å². The molecule has 2 unspecified atom stereocenters. The Morgan fingerprint density at radius 3 is 2.39 bits per heavy atom. The molecule has 4 heterocycles. The number of nitrogens with zero attached hydrogens (tertiary/aromatic N) is 5. The van der Waals surface area contributed by atoms with E-state index in [1.165, 1.54) is 0 Å². The lowest BCUT2D eigenvalue weighted by molar-refractivity contribution is -0.184. The van der Waals surface area contributed by atoms with Gasteiger partial charge in [-0.1, -0.05) is 0 Å². The Balaban J connectivity index is 1.72. The highest BCUT2D eigenvalue weighted by molar-refractivity contribution is 5.81. The van der Waals surface area contributed by atoms with Crippen LogP contribution in [0.1, 0.15) is 29.5 Å². The molecule has 33 heavy (non-hydrogen) atoms. The zero-order valence-electron chi connectivity index (χ0n) is 16.5. The van der Waals surface area contributed by atoms with Gasteiger partial charge in [-0.3, -0.25) is 9.36 Å². The molecule has 0 bridgehead atoms. The SMILES string of the molecule is O=C(C1CC(C(F)(F)F)Cc2nn(Cc3ccnc(C(F)(F)F)c3F)c(=O)n21)N1CC(F)C1. The van der Waals surface area contributed by atoms with Crippen LogP contribution in [0.25, 0.3) is 0 Å². The summed E-state index contributed by atoms with van der Waals surface area (Å²) in [5.41, 5.74) is -3.53. The molecular formula is C18H15F8N5O2. The van der Waals surface area contributed by atoms with Gasteiger partial charge in [-0.15, -0.1) is 0 Å². The third kappa shape index (κ3) is 4.19. The van der Waals surface area contributed by atoms with Crippen molar-refractivity contribution in [3.8, 4) is 0 Å². The van der Waals surface area contributed by atoms with Gasteiger partial charge in [-0.05, 0) is 12.5 Å². The van der Waals surface area contributed by atoms with Gasteiger partial charge in [0.2, 0.25) is 5.91 Å². The second kappa shape index (κ2) is 7.80. The van der Waals surface area contributed by atoms with Crippen molar-refractivity contribution in [1.29, 1.82) is 0 Å². The highest BCUT2D eigenvalue weighted by atomic mass is 19.4. The third-order valence-electron chi connectivity index (χ3n) is 5.64. The maximum absolute atomic E-state index is 14.3. The summed E-state index contributed by atoms with van der Waals surface area (Å²) in [6.45, 7) is -1.48. The molecule has 7 nitrogen and oxygen atoms in total. The minimum atomic E-state index is -5.11. The van der Waals surface area contributed by atoms with Gasteiger partial charge in [0.15, 0.2) is 11.5 Å². The number of hydrogen-bond donors (Lipinski definition) is 0. The lowest BCUT2D eigenvalue weighted by Gasteiger charge is -2.39. The molecule has 180 valence electrons. The van der Waals surface area contributed by atoms with Gasteiger partial charge in [0.25, 0.3) is 0 Å². The van der Waals surface area contributed by atoms with Gasteiger partial charge in [0, 0.05) is 18.2 Å². The van der Waals surface area contributed by atoms with Crippen LogP contribution < -0.4 is 5.69 Å². The first-order chi connectivity index (χ1) is 15.3. The summed E-state index contributed by atoms with van der Waals surface area (Å²) in [5, 5.41) is 3.75. The van der Waals surface area contributed by atoms with Crippen molar-refractivity contribution in [3.05, 3.63) is 45.6 Å². The van der Waals surface area contributed by atoms with E-state index < -0.39 is 84.4 Å². The van der Waals surface area contributed by atoms with E-state index in [1.807, 2.05) is 0 Å². The quantitative estimate of drug-likeness (QED) is 0.627. The fraction of sp³-hybridized carbons (Fsp3) is 0.556. The maximum Gasteiger partial charge on any atom is 0.436 e. The molecule has 0 aliphatic carbocycles. The van der Waals surface area contributed by atoms with E-state index in [0.29, 0.717) is 10.9 Å². The van der Waals surface area contributed by atoms with Gasteiger partial charge in [-0.25, -0.2) is 23.2 Å². The van der Waals surface area contributed by atoms with Crippen LogP contribution in [0.15, 0.2) is 17.1 Å². The molecule has 2 aliphatic heterocycles. The van der Waals surface area contributed by atoms with Crippen molar-refractivity contribution in [1.82, 2.24) is 24.2 Å². The Bertz CT molecular complexity index is 1130. The zero-order valence-corrected chi connectivity index (χ0v) is 16.5. The Hall–Kier alpha value is -3.00. The summed E-state index contributed by atoms with van der Waals surface area (Å²) in [6.07, 6.45) is -12.0. The number of carbonyl (C=O) groups is 1. The molecule has 2 aromatic heterocycles. The predicted octanol–water partition coefficient (Wildman–Crippen LogP) is 2.49. The number of carbonyl (C=O) groups excluding carboxylic acids is 1. The van der Waals surface area contributed by atoms with E-state index >= 15 is 0 Å². The highest BCUT2D eigenvalue weighted by Crippen LogP contribution is 2.39. The summed E-state index contributed by atoms with van der Waals surface area (Å²) in [4.78, 5) is 29.5. The van der Waals surface area contributed by atoms with Crippen molar-refractivity contribution >= 4 is 5.91 Å². The standard InChI is InChI=1S/C18H15F8N5O2/c19-10-6-29(7-10)15(32)11-3-9(17(21,22)23)4-12-28-30(16(33)31(11)12)5-8-1-2-27-14(13(8)20)18(24,25)26/h1-2,9-11H,3-7H2. The molecule has 0 spiro atoms. The van der Waals surface area contributed by atoms with Gasteiger partial charge in [0.05, 0.1) is 25.6 Å². The largest absolute Gasteiger partial charge is 0.436 e. The summed E-state index contributed by atoms with van der Waals surface area (Å²) < 4.78 is 108. The van der Waals surface area contributed by atoms with E-state index in [4.69, 9.17) is 0 Å². The number of fused-ring (bicyclic) bond motifs is 1. The van der Waals surface area contributed by atoms with Gasteiger partial charge >= 0.3 is 18.0 Å². The highest BCUT2D eigenvalue weighted by Gasteiger charge is 2.49. The number of rotatable bonds is 3. The summed E-state index contributed by atoms with van der Waals surface area (Å²) in [7, 11) is 0. The number of pyridine rings is 1. The second-order valence-electron chi connectivity index (χ2n) is 7.89. The van der Waals surface area contributed by atoms with Crippen LogP contribution in [-0.4, -0.2) is 55.6 Å². The molecule has 2 atom stereocenters. The van der Waals surface area contributed by atoms with Crippen LogP contribution in [0.4, 0.5) is 35.1 Å². The van der Waals surface area contributed by atoms with E-state index in [2.05, 4.69) is 10.1 Å². The first-order valence-corrected chi connectivity index (χ1v) is 9.65. The molecule has 2 aromatic rings. The van der Waals surface area contributed by atoms with Crippen LogP contribution in [0, 0.1) is 11.7 Å². The number of halogens is 8. The van der Waals surface area contributed by atoms with Crippen LogP contribution in [0.3, 0.4) is 0 Å². The topological polar surface area (TPSA) is 73.0 Å². The number of aromatic nitrogens is 4. The number of likely N-dealkylation sites (tertiary alicyclic amines) is 1. The molecule has 2 aliphatic rings. The van der Waals surface area contributed by atoms with Crippen LogP contribution in [0.5, 0.6) is 0 Å². The Morgan fingerprint density at radius 2 is 1.82 bits per heavy atom. The average molecular weight is 485 g/mol. The fourth-order valence-corrected chi connectivity index (χ4v) is 3.94. The van der Waals surface area contributed by atoms with E-state index in [-0.39, 0.29) is 13.1 Å². The van der Waals surface area contributed by atoms with E-state index in [1.54, 1.807) is 0 Å². The molecule has 0 radical (unpaired) electrons. The lowest BCUT2D eigenvalue weighted by atomic mass is 9.90. The van der Waals surface area contributed by atoms with Crippen LogP contribution in [0.2, 0.25) is 0 Å². The summed E-state index contributed by atoms with van der Waals surface area (Å²) in [6, 6.07) is -0.750. The molecule has 0 saturated carbocycles. The summed E-state index contributed by atoms with van der Waals surface area (Å²) in [5.74, 6) is -5.09. The molecule has 4 rings (SSSR count). The fourth-order valence-electron chi connectivity index (χ4n) is 3.94. The monoisotopic (exact) mass is 485 g/mol. The Labute approximate surface area is 179 Å². The normalized spacial score (nSPS) is 21.6. The molecule has 0 aromatic carbocycles. The maximum atomic E-state index is 14.3.